The average Bonchev–Trinajstić information content (AvgIpc) is 2.81. The number of aromatic carboxylic acids is 1. The summed E-state index contributed by atoms with van der Waals surface area (Å²) >= 11 is 0. The Morgan fingerprint density at radius 2 is 2.17 bits per heavy atom. The first-order valence-electron chi connectivity index (χ1n) is 5.09. The molecule has 3 N–H and O–H groups in total. The summed E-state index contributed by atoms with van der Waals surface area (Å²) in [6, 6.07) is 4.55. The van der Waals surface area contributed by atoms with E-state index in [1.54, 1.807) is 13.0 Å². The van der Waals surface area contributed by atoms with Crippen molar-refractivity contribution in [3.05, 3.63) is 41.2 Å². The van der Waals surface area contributed by atoms with Gasteiger partial charge in [-0.25, -0.2) is 4.79 Å². The predicted octanol–water partition coefficient (Wildman–Crippen LogP) is 1.06. The van der Waals surface area contributed by atoms with Crippen LogP contribution in [0.3, 0.4) is 0 Å². The predicted molar refractivity (Wildman–Crippen MR) is 62.5 cm³/mol. The quantitative estimate of drug-likeness (QED) is 0.750. The Morgan fingerprint density at radius 1 is 1.39 bits per heavy atom. The Balaban J connectivity index is 2.18. The summed E-state index contributed by atoms with van der Waals surface area (Å²) in [4.78, 5) is 22.5. The van der Waals surface area contributed by atoms with Gasteiger partial charge >= 0.3 is 5.97 Å². The van der Waals surface area contributed by atoms with E-state index in [0.717, 1.165) is 0 Å². The summed E-state index contributed by atoms with van der Waals surface area (Å²) in [7, 11) is 0. The van der Waals surface area contributed by atoms with Crippen molar-refractivity contribution in [1.82, 2.24) is 15.4 Å². The van der Waals surface area contributed by atoms with Crippen LogP contribution in [-0.4, -0.2) is 32.4 Å². The third kappa shape index (κ3) is 2.34. The molecule has 92 valence electrons. The Morgan fingerprint density at radius 3 is 2.72 bits per heavy atom. The van der Waals surface area contributed by atoms with Crippen molar-refractivity contribution in [3.63, 3.8) is 0 Å². The molecule has 0 bridgehead atoms. The van der Waals surface area contributed by atoms with Gasteiger partial charge < -0.3 is 10.4 Å². The van der Waals surface area contributed by atoms with Gasteiger partial charge in [0.15, 0.2) is 5.69 Å². The highest BCUT2D eigenvalue weighted by molar-refractivity contribution is 6.03. The number of hydrogen-bond donors (Lipinski definition) is 3. The van der Waals surface area contributed by atoms with Gasteiger partial charge in [0, 0.05) is 5.69 Å². The third-order valence-corrected chi connectivity index (χ3v) is 2.36. The van der Waals surface area contributed by atoms with Gasteiger partial charge in [0.2, 0.25) is 0 Å². The summed E-state index contributed by atoms with van der Waals surface area (Å²) in [5.74, 6) is -1.41. The lowest BCUT2D eigenvalue weighted by Crippen LogP contribution is -2.13. The number of rotatable bonds is 3. The van der Waals surface area contributed by atoms with Crippen LogP contribution in [0, 0.1) is 6.92 Å². The Labute approximate surface area is 102 Å². The van der Waals surface area contributed by atoms with Crippen molar-refractivity contribution in [2.75, 3.05) is 5.32 Å². The van der Waals surface area contributed by atoms with Crippen molar-refractivity contribution in [2.45, 2.75) is 6.92 Å². The van der Waals surface area contributed by atoms with E-state index in [-0.39, 0.29) is 11.3 Å². The molecule has 2 aromatic rings. The number of aryl methyl sites for hydroxylation is 1. The van der Waals surface area contributed by atoms with E-state index in [4.69, 9.17) is 5.11 Å². The number of benzene rings is 1. The number of carbonyl (C=O) groups excluding carboxylic acids is 1. The van der Waals surface area contributed by atoms with Crippen molar-refractivity contribution in [1.29, 1.82) is 0 Å². The van der Waals surface area contributed by atoms with E-state index in [2.05, 4.69) is 20.7 Å². The zero-order valence-electron chi connectivity index (χ0n) is 9.47. The van der Waals surface area contributed by atoms with E-state index in [1.807, 2.05) is 0 Å². The fourth-order valence-corrected chi connectivity index (χ4v) is 1.49. The maximum absolute atomic E-state index is 11.7. The molecule has 7 nitrogen and oxygen atoms in total. The lowest BCUT2D eigenvalue weighted by molar-refractivity contribution is 0.0696. The van der Waals surface area contributed by atoms with Crippen LogP contribution in [0.15, 0.2) is 24.4 Å². The van der Waals surface area contributed by atoms with E-state index < -0.39 is 11.9 Å². The van der Waals surface area contributed by atoms with E-state index in [1.165, 1.54) is 18.3 Å². The van der Waals surface area contributed by atoms with Crippen LogP contribution in [-0.2, 0) is 0 Å². The zero-order valence-corrected chi connectivity index (χ0v) is 9.47. The van der Waals surface area contributed by atoms with E-state index in [0.29, 0.717) is 11.3 Å². The van der Waals surface area contributed by atoms with Crippen LogP contribution in [0.5, 0.6) is 0 Å². The van der Waals surface area contributed by atoms with Gasteiger partial charge in [0.25, 0.3) is 5.91 Å². The number of aromatic amines is 1. The molecule has 1 amide bonds. The normalized spacial score (nSPS) is 10.1. The van der Waals surface area contributed by atoms with Gasteiger partial charge in [-0.1, -0.05) is 0 Å². The molecule has 18 heavy (non-hydrogen) atoms. The van der Waals surface area contributed by atoms with Crippen molar-refractivity contribution >= 4 is 17.6 Å². The molecule has 7 heteroatoms. The van der Waals surface area contributed by atoms with Crippen LogP contribution in [0.4, 0.5) is 5.69 Å². The molecule has 0 radical (unpaired) electrons. The highest BCUT2D eigenvalue weighted by Gasteiger charge is 2.11. The van der Waals surface area contributed by atoms with Crippen molar-refractivity contribution in [2.24, 2.45) is 0 Å². The maximum Gasteiger partial charge on any atom is 0.335 e. The van der Waals surface area contributed by atoms with Gasteiger partial charge in [-0.05, 0) is 30.7 Å². The number of nitrogens with one attached hydrogen (secondary N) is 2. The van der Waals surface area contributed by atoms with Crippen LogP contribution in [0.25, 0.3) is 0 Å². The first-order chi connectivity index (χ1) is 8.58. The minimum absolute atomic E-state index is 0.162. The first-order valence-corrected chi connectivity index (χ1v) is 5.09. The number of carboxylic acid groups (broad SMARTS) is 1. The number of anilines is 1. The molecule has 0 atom stereocenters. The standard InChI is InChI=1S/C11H10N4O3/c1-6-4-7(2-3-8(6)11(17)18)13-10(16)9-5-12-15-14-9/h2-5H,1H3,(H,13,16)(H,17,18)(H,12,14,15). The molecule has 2 rings (SSSR count). The van der Waals surface area contributed by atoms with Crippen molar-refractivity contribution in [3.8, 4) is 0 Å². The number of amides is 1. The smallest absolute Gasteiger partial charge is 0.335 e. The largest absolute Gasteiger partial charge is 0.478 e. The minimum Gasteiger partial charge on any atom is -0.478 e. The second-order valence-electron chi connectivity index (χ2n) is 3.64. The fraction of sp³-hybridized carbons (Fsp3) is 0.0909. The van der Waals surface area contributed by atoms with Crippen LogP contribution in [0.1, 0.15) is 26.4 Å². The number of aromatic nitrogens is 3. The highest BCUT2D eigenvalue weighted by Crippen LogP contribution is 2.15. The number of hydrogen-bond acceptors (Lipinski definition) is 4. The highest BCUT2D eigenvalue weighted by atomic mass is 16.4. The molecule has 1 aromatic carbocycles. The molecule has 0 unspecified atom stereocenters. The molecule has 0 aliphatic carbocycles. The molecule has 0 spiro atoms. The van der Waals surface area contributed by atoms with Crippen LogP contribution >= 0.6 is 0 Å². The number of carboxylic acids is 1. The van der Waals surface area contributed by atoms with E-state index in [9.17, 15) is 9.59 Å². The summed E-state index contributed by atoms with van der Waals surface area (Å²) in [6.45, 7) is 1.66. The zero-order chi connectivity index (χ0) is 13.1. The summed E-state index contributed by atoms with van der Waals surface area (Å²) < 4.78 is 0. The first kappa shape index (κ1) is 11.8. The lowest BCUT2D eigenvalue weighted by atomic mass is 10.1. The Hall–Kier alpha value is -2.70. The summed E-state index contributed by atoms with van der Waals surface area (Å²) in [6.07, 6.45) is 1.30. The van der Waals surface area contributed by atoms with Crippen LogP contribution < -0.4 is 5.32 Å². The molecule has 0 saturated heterocycles. The average molecular weight is 246 g/mol. The number of nitrogens with zero attached hydrogens (tertiary/aromatic N) is 2. The summed E-state index contributed by atoms with van der Waals surface area (Å²) in [5, 5.41) is 21.0. The topological polar surface area (TPSA) is 108 Å². The van der Waals surface area contributed by atoms with E-state index >= 15 is 0 Å². The molecule has 1 aromatic heterocycles. The minimum atomic E-state index is -0.998. The van der Waals surface area contributed by atoms with Gasteiger partial charge in [-0.15, -0.1) is 0 Å². The Kier molecular flexibility index (Phi) is 3.05. The van der Waals surface area contributed by atoms with Gasteiger partial charge in [-0.2, -0.15) is 15.4 Å². The SMILES string of the molecule is Cc1cc(NC(=O)c2cn[nH]n2)ccc1C(=O)O. The third-order valence-electron chi connectivity index (χ3n) is 2.36. The second kappa shape index (κ2) is 4.66. The molecule has 0 saturated carbocycles. The van der Waals surface area contributed by atoms with Crippen LogP contribution in [0.2, 0.25) is 0 Å². The number of carbonyl (C=O) groups is 2. The Bertz CT molecular complexity index is 592. The second-order valence-corrected chi connectivity index (χ2v) is 3.64. The monoisotopic (exact) mass is 246 g/mol. The molecule has 0 aliphatic heterocycles. The van der Waals surface area contributed by atoms with Gasteiger partial charge in [0.05, 0.1) is 11.8 Å². The molecular weight excluding hydrogens is 236 g/mol. The molecule has 0 aliphatic rings. The van der Waals surface area contributed by atoms with Gasteiger partial charge in [0.1, 0.15) is 0 Å². The fourth-order valence-electron chi connectivity index (χ4n) is 1.49. The maximum atomic E-state index is 11.7. The summed E-state index contributed by atoms with van der Waals surface area (Å²) in [5.41, 5.74) is 1.44. The lowest BCUT2D eigenvalue weighted by Gasteiger charge is -2.06. The molecule has 1 heterocycles. The van der Waals surface area contributed by atoms with Gasteiger partial charge in [-0.3, -0.25) is 4.79 Å². The van der Waals surface area contributed by atoms with Crippen molar-refractivity contribution < 1.29 is 14.7 Å². The molecular formula is C11H10N4O3. The number of H-pyrrole nitrogens is 1. The molecule has 0 fully saturated rings.